The van der Waals surface area contributed by atoms with Gasteiger partial charge in [0.15, 0.2) is 0 Å². The highest BCUT2D eigenvalue weighted by molar-refractivity contribution is 7.47. The molecule has 1 fully saturated rings. The van der Waals surface area contributed by atoms with Crippen LogP contribution in [0.25, 0.3) is 0 Å². The molecule has 0 spiro atoms. The number of nitrogens with zero attached hydrogens (tertiary/aromatic N) is 1. The van der Waals surface area contributed by atoms with Crippen molar-refractivity contribution in [3.63, 3.8) is 0 Å². The highest BCUT2D eigenvalue weighted by atomic mass is 35.5. The third kappa shape index (κ3) is 4.45. The smallest absolute Gasteiger partial charge is 0.306 e. The normalized spacial score (nSPS) is 18.2. The zero-order chi connectivity index (χ0) is 13.7. The molecule has 5 heteroatoms. The molecular weight excluding hydrogens is 281 g/mol. The van der Waals surface area contributed by atoms with Crippen LogP contribution < -0.4 is 5.30 Å². The van der Waals surface area contributed by atoms with E-state index >= 15 is 0 Å². The van der Waals surface area contributed by atoms with Gasteiger partial charge in [0.1, 0.15) is 0 Å². The monoisotopic (exact) mass is 299 g/mol. The van der Waals surface area contributed by atoms with Gasteiger partial charge in [-0.25, -0.2) is 0 Å². The van der Waals surface area contributed by atoms with Crippen molar-refractivity contribution in [3.8, 4) is 0 Å². The fourth-order valence-electron chi connectivity index (χ4n) is 2.36. The van der Waals surface area contributed by atoms with Crippen molar-refractivity contribution in [2.75, 3.05) is 25.8 Å². The van der Waals surface area contributed by atoms with Crippen LogP contribution in [-0.2, 0) is 4.79 Å². The molecule has 19 heavy (non-hydrogen) atoms. The maximum Gasteiger partial charge on any atom is 0.306 e. The Morgan fingerprint density at radius 2 is 2.05 bits per heavy atom. The zero-order valence-corrected chi connectivity index (χ0v) is 12.6. The molecule has 0 aliphatic carbocycles. The molecule has 2 rings (SSSR count). The lowest BCUT2D eigenvalue weighted by Crippen LogP contribution is -2.37. The lowest BCUT2D eigenvalue weighted by Gasteiger charge is -2.29. The number of hydrogen-bond donors (Lipinski definition) is 1. The van der Waals surface area contributed by atoms with Crippen LogP contribution in [-0.4, -0.2) is 41.8 Å². The van der Waals surface area contributed by atoms with Crippen LogP contribution in [0.5, 0.6) is 0 Å². The van der Waals surface area contributed by atoms with Crippen LogP contribution in [0.4, 0.5) is 0 Å². The Morgan fingerprint density at radius 3 is 2.68 bits per heavy atom. The lowest BCUT2D eigenvalue weighted by molar-refractivity contribution is -0.143. The Labute approximate surface area is 120 Å². The summed E-state index contributed by atoms with van der Waals surface area (Å²) in [5.74, 6) is -0.778. The van der Waals surface area contributed by atoms with Gasteiger partial charge in [0.2, 0.25) is 0 Å². The molecule has 3 nitrogen and oxygen atoms in total. The first-order chi connectivity index (χ1) is 9.16. The molecule has 0 amide bonds. The van der Waals surface area contributed by atoms with E-state index in [1.165, 1.54) is 5.30 Å². The Kier molecular flexibility index (Phi) is 5.62. The average Bonchev–Trinajstić information content (AvgIpc) is 2.41. The van der Waals surface area contributed by atoms with Gasteiger partial charge in [-0.1, -0.05) is 38.4 Å². The number of carboxylic acid groups (broad SMARTS) is 1. The highest BCUT2D eigenvalue weighted by Gasteiger charge is 2.23. The second kappa shape index (κ2) is 7.23. The zero-order valence-electron chi connectivity index (χ0n) is 10.8. The fraction of sp³-hybridized carbons (Fsp3) is 0.500. The highest BCUT2D eigenvalue weighted by Crippen LogP contribution is 2.20. The first-order valence-electron chi connectivity index (χ1n) is 6.60. The Morgan fingerprint density at radius 1 is 1.37 bits per heavy atom. The number of likely N-dealkylation sites (tertiary alicyclic amines) is 1. The predicted molar refractivity (Wildman–Crippen MR) is 81.1 cm³/mol. The number of rotatable bonds is 5. The maximum atomic E-state index is 10.9. The van der Waals surface area contributed by atoms with Gasteiger partial charge in [-0.05, 0) is 43.5 Å². The van der Waals surface area contributed by atoms with Crippen molar-refractivity contribution in [2.24, 2.45) is 5.92 Å². The maximum absolute atomic E-state index is 10.9. The summed E-state index contributed by atoms with van der Waals surface area (Å²) >= 11 is 6.13. The summed E-state index contributed by atoms with van der Waals surface area (Å²) in [6.07, 6.45) is 2.66. The number of carboxylic acids is 1. The van der Waals surface area contributed by atoms with Gasteiger partial charge in [0.25, 0.3) is 0 Å². The minimum Gasteiger partial charge on any atom is -0.481 e. The summed E-state index contributed by atoms with van der Waals surface area (Å²) in [5, 5.41) is 11.0. The van der Waals surface area contributed by atoms with Gasteiger partial charge in [0.05, 0.1) is 5.92 Å². The molecule has 1 N–H and O–H groups in total. The summed E-state index contributed by atoms with van der Waals surface area (Å²) < 4.78 is 0. The van der Waals surface area contributed by atoms with E-state index in [1.807, 2.05) is 18.2 Å². The Balaban J connectivity index is 1.70. The Bertz CT molecular complexity index is 433. The van der Waals surface area contributed by atoms with E-state index in [1.54, 1.807) is 0 Å². The van der Waals surface area contributed by atoms with E-state index in [0.29, 0.717) is 0 Å². The molecule has 1 heterocycles. The number of aliphatic carboxylic acids is 1. The van der Waals surface area contributed by atoms with Crippen LogP contribution in [0, 0.1) is 5.92 Å². The van der Waals surface area contributed by atoms with Gasteiger partial charge < -0.3 is 10.0 Å². The summed E-state index contributed by atoms with van der Waals surface area (Å²) in [4.78, 5) is 13.2. The van der Waals surface area contributed by atoms with Gasteiger partial charge >= 0.3 is 5.97 Å². The van der Waals surface area contributed by atoms with Crippen LogP contribution in [0.3, 0.4) is 0 Å². The van der Waals surface area contributed by atoms with Crippen molar-refractivity contribution >= 4 is 31.5 Å². The second-order valence-corrected chi connectivity index (χ2v) is 6.66. The SMILES string of the molecule is O=C(O)C1CCN(CCPc2ccccc2Cl)CC1. The first-order valence-corrected chi connectivity index (χ1v) is 8.19. The summed E-state index contributed by atoms with van der Waals surface area (Å²) in [5.41, 5.74) is 0. The minimum atomic E-state index is -0.641. The van der Waals surface area contributed by atoms with E-state index in [2.05, 4.69) is 11.0 Å². The molecule has 1 unspecified atom stereocenters. The van der Waals surface area contributed by atoms with Gasteiger partial charge in [-0.3, -0.25) is 4.79 Å². The first kappa shape index (κ1) is 14.8. The molecule has 1 aliphatic rings. The third-order valence-electron chi connectivity index (χ3n) is 3.55. The number of carbonyl (C=O) groups is 1. The fourth-order valence-corrected chi connectivity index (χ4v) is 3.86. The number of halogens is 1. The van der Waals surface area contributed by atoms with E-state index in [0.717, 1.165) is 52.2 Å². The Hall–Kier alpha value is -0.630. The largest absolute Gasteiger partial charge is 0.481 e. The molecule has 0 bridgehead atoms. The summed E-state index contributed by atoms with van der Waals surface area (Å²) in [7, 11) is 0.727. The topological polar surface area (TPSA) is 40.5 Å². The van der Waals surface area contributed by atoms with Crippen LogP contribution >= 0.6 is 20.2 Å². The van der Waals surface area contributed by atoms with E-state index in [9.17, 15) is 4.79 Å². The predicted octanol–water partition coefficient (Wildman–Crippen LogP) is 2.44. The van der Waals surface area contributed by atoms with Crippen LogP contribution in [0.1, 0.15) is 12.8 Å². The number of benzene rings is 1. The molecule has 0 aromatic heterocycles. The number of hydrogen-bond acceptors (Lipinski definition) is 2. The van der Waals surface area contributed by atoms with Crippen LogP contribution in [0.15, 0.2) is 24.3 Å². The van der Waals surface area contributed by atoms with Gasteiger partial charge in [0, 0.05) is 11.6 Å². The van der Waals surface area contributed by atoms with E-state index in [4.69, 9.17) is 16.7 Å². The molecule has 0 radical (unpaired) electrons. The molecule has 1 aliphatic heterocycles. The number of piperidine rings is 1. The lowest BCUT2D eigenvalue weighted by atomic mass is 9.97. The molecule has 1 aromatic carbocycles. The van der Waals surface area contributed by atoms with Crippen molar-refractivity contribution in [3.05, 3.63) is 29.3 Å². The van der Waals surface area contributed by atoms with E-state index in [-0.39, 0.29) is 5.92 Å². The van der Waals surface area contributed by atoms with E-state index < -0.39 is 5.97 Å². The quantitative estimate of drug-likeness (QED) is 0.849. The summed E-state index contributed by atoms with van der Waals surface area (Å²) in [6.45, 7) is 2.85. The standard InChI is InChI=1S/C14H19ClNO2P/c15-12-3-1-2-4-13(12)19-10-9-16-7-5-11(6-8-16)14(17)18/h1-4,11,19H,5-10H2,(H,17,18). The molecule has 0 saturated carbocycles. The van der Waals surface area contributed by atoms with Gasteiger partial charge in [-0.15, -0.1) is 0 Å². The van der Waals surface area contributed by atoms with Crippen molar-refractivity contribution in [1.82, 2.24) is 4.90 Å². The van der Waals surface area contributed by atoms with Crippen LogP contribution in [0.2, 0.25) is 5.02 Å². The molecule has 104 valence electrons. The molecule has 1 atom stereocenters. The average molecular weight is 300 g/mol. The van der Waals surface area contributed by atoms with Crippen molar-refractivity contribution in [1.29, 1.82) is 0 Å². The second-order valence-electron chi connectivity index (χ2n) is 4.86. The summed E-state index contributed by atoms with van der Waals surface area (Å²) in [6, 6.07) is 7.99. The molecule has 1 saturated heterocycles. The van der Waals surface area contributed by atoms with Gasteiger partial charge in [-0.2, -0.15) is 0 Å². The third-order valence-corrected chi connectivity index (χ3v) is 5.33. The van der Waals surface area contributed by atoms with Crippen molar-refractivity contribution in [2.45, 2.75) is 12.8 Å². The molecular formula is C14H19ClNO2P. The van der Waals surface area contributed by atoms with Crippen molar-refractivity contribution < 1.29 is 9.90 Å². The minimum absolute atomic E-state index is 0.137. The molecule has 1 aromatic rings.